The molecule has 0 radical (unpaired) electrons. The molecule has 0 bridgehead atoms. The molecule has 9 heteroatoms. The molecule has 0 aliphatic carbocycles. The second kappa shape index (κ2) is 10.1. The number of hydrogen-bond donors (Lipinski definition) is 3. The molecule has 0 unspecified atom stereocenters. The minimum atomic E-state index is -3.77. The van der Waals surface area contributed by atoms with E-state index in [0.717, 1.165) is 0 Å². The third-order valence-electron chi connectivity index (χ3n) is 3.55. The van der Waals surface area contributed by atoms with Crippen molar-refractivity contribution in [1.29, 1.82) is 0 Å². The van der Waals surface area contributed by atoms with E-state index in [-0.39, 0.29) is 29.3 Å². The molecule has 0 saturated carbocycles. The van der Waals surface area contributed by atoms with Gasteiger partial charge in [-0.05, 0) is 56.3 Å². The van der Waals surface area contributed by atoms with Gasteiger partial charge in [0.15, 0.2) is 0 Å². The van der Waals surface area contributed by atoms with Crippen molar-refractivity contribution in [3.05, 3.63) is 54.1 Å². The molecule has 2 aromatic carbocycles. The molecule has 2 aromatic rings. The Morgan fingerprint density at radius 3 is 2.44 bits per heavy atom. The van der Waals surface area contributed by atoms with E-state index >= 15 is 0 Å². The molecular weight excluding hydrogens is 390 g/mol. The first kappa shape index (κ1) is 22.8. The zero-order valence-electron chi connectivity index (χ0n) is 15.1. The number of carbonyl (C=O) groups excluding carboxylic acids is 1. The van der Waals surface area contributed by atoms with E-state index in [9.17, 15) is 13.2 Å². The van der Waals surface area contributed by atoms with Gasteiger partial charge in [-0.1, -0.05) is 6.07 Å². The van der Waals surface area contributed by atoms with E-state index in [2.05, 4.69) is 10.0 Å². The SMILES string of the molecule is CCOc1ccc(S(=O)(=O)Nc2cccc(C(=O)N[C@@H](C)CN)c2)cc1.Cl. The van der Waals surface area contributed by atoms with Gasteiger partial charge < -0.3 is 15.8 Å². The topological polar surface area (TPSA) is 111 Å². The highest BCUT2D eigenvalue weighted by atomic mass is 35.5. The summed E-state index contributed by atoms with van der Waals surface area (Å²) in [4.78, 5) is 12.2. The Morgan fingerprint density at radius 2 is 1.85 bits per heavy atom. The molecule has 148 valence electrons. The van der Waals surface area contributed by atoms with Gasteiger partial charge in [0.1, 0.15) is 5.75 Å². The van der Waals surface area contributed by atoms with Crippen molar-refractivity contribution in [2.24, 2.45) is 5.73 Å². The van der Waals surface area contributed by atoms with E-state index in [1.807, 2.05) is 6.92 Å². The molecule has 1 atom stereocenters. The number of hydrogen-bond acceptors (Lipinski definition) is 5. The fraction of sp³-hybridized carbons (Fsp3) is 0.278. The van der Waals surface area contributed by atoms with Crippen LogP contribution in [0, 0.1) is 0 Å². The minimum absolute atomic E-state index is 0. The molecule has 0 fully saturated rings. The van der Waals surface area contributed by atoms with Crippen LogP contribution in [0.15, 0.2) is 53.4 Å². The maximum Gasteiger partial charge on any atom is 0.261 e. The standard InChI is InChI=1S/C18H23N3O4S.ClH/c1-3-25-16-7-9-17(10-8-16)26(23,24)21-15-6-4-5-14(11-15)18(22)20-13(2)12-19;/h4-11,13,21H,3,12,19H2,1-2H3,(H,20,22);1H/t13-;/m0./s1. The number of nitrogens with two attached hydrogens (primary N) is 1. The molecule has 0 aromatic heterocycles. The average Bonchev–Trinajstić information content (AvgIpc) is 2.62. The van der Waals surface area contributed by atoms with Gasteiger partial charge in [-0.15, -0.1) is 12.4 Å². The molecule has 27 heavy (non-hydrogen) atoms. The molecular formula is C18H24ClN3O4S. The van der Waals surface area contributed by atoms with Crippen LogP contribution in [0.2, 0.25) is 0 Å². The lowest BCUT2D eigenvalue weighted by atomic mass is 10.2. The molecule has 0 aliphatic heterocycles. The van der Waals surface area contributed by atoms with Crippen LogP contribution in [0.25, 0.3) is 0 Å². The zero-order valence-corrected chi connectivity index (χ0v) is 16.8. The quantitative estimate of drug-likeness (QED) is 0.615. The lowest BCUT2D eigenvalue weighted by molar-refractivity contribution is 0.0941. The number of amides is 1. The Kier molecular flexibility index (Phi) is 8.55. The third-order valence-corrected chi connectivity index (χ3v) is 4.95. The highest BCUT2D eigenvalue weighted by molar-refractivity contribution is 7.92. The van der Waals surface area contributed by atoms with Crippen molar-refractivity contribution in [1.82, 2.24) is 5.32 Å². The van der Waals surface area contributed by atoms with Crippen LogP contribution in [0.1, 0.15) is 24.2 Å². The third kappa shape index (κ3) is 6.42. The van der Waals surface area contributed by atoms with E-state index in [1.54, 1.807) is 37.3 Å². The van der Waals surface area contributed by atoms with Gasteiger partial charge in [0, 0.05) is 23.8 Å². The normalized spacial score (nSPS) is 11.8. The first-order valence-electron chi connectivity index (χ1n) is 8.22. The van der Waals surface area contributed by atoms with E-state index in [4.69, 9.17) is 10.5 Å². The maximum atomic E-state index is 12.5. The Morgan fingerprint density at radius 1 is 1.19 bits per heavy atom. The highest BCUT2D eigenvalue weighted by Gasteiger charge is 2.16. The lowest BCUT2D eigenvalue weighted by Gasteiger charge is -2.13. The summed E-state index contributed by atoms with van der Waals surface area (Å²) in [6.45, 7) is 4.46. The van der Waals surface area contributed by atoms with Crippen LogP contribution in [0.3, 0.4) is 0 Å². The molecule has 0 heterocycles. The van der Waals surface area contributed by atoms with E-state index in [1.165, 1.54) is 18.2 Å². The van der Waals surface area contributed by atoms with Crippen LogP contribution < -0.4 is 20.5 Å². The van der Waals surface area contributed by atoms with Crippen LogP contribution in [0.4, 0.5) is 5.69 Å². The highest BCUT2D eigenvalue weighted by Crippen LogP contribution is 2.20. The van der Waals surface area contributed by atoms with Gasteiger partial charge in [-0.3, -0.25) is 9.52 Å². The van der Waals surface area contributed by atoms with Crippen molar-refractivity contribution < 1.29 is 17.9 Å². The largest absolute Gasteiger partial charge is 0.494 e. The monoisotopic (exact) mass is 413 g/mol. The van der Waals surface area contributed by atoms with Crippen LogP contribution >= 0.6 is 12.4 Å². The first-order valence-corrected chi connectivity index (χ1v) is 9.70. The van der Waals surface area contributed by atoms with Crippen molar-refractivity contribution in [2.75, 3.05) is 17.9 Å². The van der Waals surface area contributed by atoms with Gasteiger partial charge in [-0.25, -0.2) is 8.42 Å². The summed E-state index contributed by atoms with van der Waals surface area (Å²) in [5, 5.41) is 2.73. The van der Waals surface area contributed by atoms with Gasteiger partial charge in [0.2, 0.25) is 0 Å². The fourth-order valence-corrected chi connectivity index (χ4v) is 3.24. The first-order chi connectivity index (χ1) is 12.4. The van der Waals surface area contributed by atoms with Gasteiger partial charge in [0.25, 0.3) is 15.9 Å². The predicted molar refractivity (Wildman–Crippen MR) is 108 cm³/mol. The van der Waals surface area contributed by atoms with Crippen LogP contribution in [0.5, 0.6) is 5.75 Å². The number of benzene rings is 2. The summed E-state index contributed by atoms with van der Waals surface area (Å²) in [6, 6.07) is 12.2. The molecule has 0 saturated heterocycles. The number of anilines is 1. The number of sulfonamides is 1. The molecule has 0 aliphatic rings. The Bertz CT molecular complexity index is 857. The minimum Gasteiger partial charge on any atom is -0.494 e. The van der Waals surface area contributed by atoms with E-state index < -0.39 is 10.0 Å². The smallest absolute Gasteiger partial charge is 0.261 e. The summed E-state index contributed by atoms with van der Waals surface area (Å²) in [5.41, 5.74) is 6.13. The number of nitrogens with one attached hydrogen (secondary N) is 2. The lowest BCUT2D eigenvalue weighted by Crippen LogP contribution is -2.37. The zero-order chi connectivity index (χ0) is 19.2. The van der Waals surface area contributed by atoms with Crippen molar-refractivity contribution in [2.45, 2.75) is 24.8 Å². The molecule has 2 rings (SSSR count). The van der Waals surface area contributed by atoms with Crippen LogP contribution in [-0.2, 0) is 10.0 Å². The Hall–Kier alpha value is -2.29. The number of carbonyl (C=O) groups is 1. The summed E-state index contributed by atoms with van der Waals surface area (Å²) in [5.74, 6) is 0.282. The maximum absolute atomic E-state index is 12.5. The number of rotatable bonds is 8. The van der Waals surface area contributed by atoms with Crippen molar-refractivity contribution in [3.63, 3.8) is 0 Å². The molecule has 7 nitrogen and oxygen atoms in total. The Balaban J connectivity index is 0.00000364. The fourth-order valence-electron chi connectivity index (χ4n) is 2.19. The Labute approximate surface area is 165 Å². The summed E-state index contributed by atoms with van der Waals surface area (Å²) >= 11 is 0. The van der Waals surface area contributed by atoms with Gasteiger partial charge in [-0.2, -0.15) is 0 Å². The summed E-state index contributed by atoms with van der Waals surface area (Å²) in [7, 11) is -3.77. The number of ether oxygens (including phenoxy) is 1. The average molecular weight is 414 g/mol. The van der Waals surface area contributed by atoms with Crippen molar-refractivity contribution >= 4 is 34.0 Å². The van der Waals surface area contributed by atoms with E-state index in [0.29, 0.717) is 30.2 Å². The molecule has 1 amide bonds. The van der Waals surface area contributed by atoms with Gasteiger partial charge in [0.05, 0.1) is 11.5 Å². The number of halogens is 1. The molecule has 4 N–H and O–H groups in total. The second-order valence-corrected chi connectivity index (χ2v) is 7.38. The molecule has 0 spiro atoms. The van der Waals surface area contributed by atoms with Crippen molar-refractivity contribution in [3.8, 4) is 5.75 Å². The summed E-state index contributed by atoms with van der Waals surface area (Å²) < 4.78 is 32.8. The van der Waals surface area contributed by atoms with Crippen LogP contribution in [-0.4, -0.2) is 33.5 Å². The summed E-state index contributed by atoms with van der Waals surface area (Å²) in [6.07, 6.45) is 0. The second-order valence-electron chi connectivity index (χ2n) is 5.70. The predicted octanol–water partition coefficient (Wildman–Crippen LogP) is 2.38. The van der Waals surface area contributed by atoms with Gasteiger partial charge >= 0.3 is 0 Å².